The monoisotopic (exact) mass is 485 g/mol. The Balaban J connectivity index is 1.19. The number of anilines is 1. The maximum atomic E-state index is 13.2. The lowest BCUT2D eigenvalue weighted by Gasteiger charge is -2.36. The molecule has 8 nitrogen and oxygen atoms in total. The first-order valence-corrected chi connectivity index (χ1v) is 12.6. The van der Waals surface area contributed by atoms with Gasteiger partial charge in [-0.25, -0.2) is 0 Å². The van der Waals surface area contributed by atoms with Crippen molar-refractivity contribution < 1.29 is 14.3 Å². The van der Waals surface area contributed by atoms with Gasteiger partial charge in [-0.15, -0.1) is 10.2 Å². The van der Waals surface area contributed by atoms with Gasteiger partial charge in [-0.2, -0.15) is 0 Å². The van der Waals surface area contributed by atoms with Crippen LogP contribution < -0.4 is 4.90 Å². The number of ether oxygens (including phenoxy) is 1. The van der Waals surface area contributed by atoms with Crippen molar-refractivity contribution in [3.8, 4) is 11.3 Å². The minimum atomic E-state index is -0.133. The largest absolute Gasteiger partial charge is 0.376 e. The van der Waals surface area contributed by atoms with Crippen molar-refractivity contribution in [2.75, 3.05) is 50.8 Å². The predicted molar refractivity (Wildman–Crippen MR) is 138 cm³/mol. The molecule has 0 spiro atoms. The van der Waals surface area contributed by atoms with Gasteiger partial charge in [-0.3, -0.25) is 9.59 Å². The van der Waals surface area contributed by atoms with E-state index in [2.05, 4.69) is 15.1 Å². The van der Waals surface area contributed by atoms with E-state index in [1.807, 2.05) is 65.6 Å². The van der Waals surface area contributed by atoms with Gasteiger partial charge in [-0.1, -0.05) is 48.5 Å². The van der Waals surface area contributed by atoms with Gasteiger partial charge in [-0.05, 0) is 37.1 Å². The fourth-order valence-electron chi connectivity index (χ4n) is 4.72. The minimum absolute atomic E-state index is 0.0141. The third-order valence-corrected chi connectivity index (χ3v) is 6.76. The van der Waals surface area contributed by atoms with Crippen molar-refractivity contribution in [2.24, 2.45) is 0 Å². The van der Waals surface area contributed by atoms with Crippen LogP contribution in [0, 0.1) is 0 Å². The molecule has 2 fully saturated rings. The highest BCUT2D eigenvalue weighted by atomic mass is 16.5. The molecular formula is C28H31N5O3. The van der Waals surface area contributed by atoms with Crippen LogP contribution in [0.5, 0.6) is 0 Å². The number of benzene rings is 2. The lowest BCUT2D eigenvalue weighted by atomic mass is 10.1. The number of hydrogen-bond acceptors (Lipinski definition) is 6. The van der Waals surface area contributed by atoms with Crippen LogP contribution in [0.25, 0.3) is 11.3 Å². The van der Waals surface area contributed by atoms with E-state index in [1.165, 1.54) is 0 Å². The van der Waals surface area contributed by atoms with Crippen LogP contribution in [0.3, 0.4) is 0 Å². The molecular weight excluding hydrogens is 454 g/mol. The first kappa shape index (κ1) is 23.9. The van der Waals surface area contributed by atoms with E-state index in [0.717, 1.165) is 29.9 Å². The molecule has 2 aromatic carbocycles. The average Bonchev–Trinajstić information content (AvgIpc) is 3.47. The van der Waals surface area contributed by atoms with Crippen molar-refractivity contribution in [1.29, 1.82) is 0 Å². The van der Waals surface area contributed by atoms with Crippen molar-refractivity contribution in [2.45, 2.75) is 18.9 Å². The van der Waals surface area contributed by atoms with Crippen LogP contribution in [0.15, 0.2) is 72.8 Å². The number of carbonyl (C=O) groups is 2. The Kier molecular flexibility index (Phi) is 7.52. The summed E-state index contributed by atoms with van der Waals surface area (Å²) in [6.07, 6.45) is 1.89. The molecule has 2 saturated heterocycles. The molecule has 3 aromatic rings. The molecule has 2 aliphatic heterocycles. The van der Waals surface area contributed by atoms with Crippen molar-refractivity contribution in [3.63, 3.8) is 0 Å². The second kappa shape index (κ2) is 11.3. The SMILES string of the molecule is O=C(CN(C[C@@H]1CCCO1)C(=O)c1ccccc1)N1CCN(c2ccc(-c3ccccc3)nn2)CC1. The molecule has 0 unspecified atom stereocenters. The minimum Gasteiger partial charge on any atom is -0.376 e. The number of piperazine rings is 1. The number of carbonyl (C=O) groups excluding carboxylic acids is 2. The molecule has 1 atom stereocenters. The maximum absolute atomic E-state index is 13.2. The lowest BCUT2D eigenvalue weighted by Crippen LogP contribution is -2.52. The number of hydrogen-bond donors (Lipinski definition) is 0. The van der Waals surface area contributed by atoms with E-state index in [0.29, 0.717) is 44.9 Å². The van der Waals surface area contributed by atoms with Gasteiger partial charge in [0.25, 0.3) is 5.91 Å². The third kappa shape index (κ3) is 5.71. The van der Waals surface area contributed by atoms with E-state index in [9.17, 15) is 9.59 Å². The second-order valence-corrected chi connectivity index (χ2v) is 9.20. The second-order valence-electron chi connectivity index (χ2n) is 9.20. The summed E-state index contributed by atoms with van der Waals surface area (Å²) in [6.45, 7) is 3.69. The van der Waals surface area contributed by atoms with Crippen LogP contribution in [-0.4, -0.2) is 83.8 Å². The highest BCUT2D eigenvalue weighted by Gasteiger charge is 2.28. The zero-order chi connectivity index (χ0) is 24.7. The topological polar surface area (TPSA) is 78.9 Å². The summed E-state index contributed by atoms with van der Waals surface area (Å²) in [6, 6.07) is 23.1. The molecule has 0 aliphatic carbocycles. The Morgan fingerprint density at radius 1 is 0.889 bits per heavy atom. The van der Waals surface area contributed by atoms with Crippen LogP contribution in [0.2, 0.25) is 0 Å². The smallest absolute Gasteiger partial charge is 0.254 e. The van der Waals surface area contributed by atoms with E-state index in [1.54, 1.807) is 17.0 Å². The van der Waals surface area contributed by atoms with Gasteiger partial charge in [0.05, 0.1) is 11.8 Å². The normalized spacial score (nSPS) is 17.7. The Hall–Kier alpha value is -3.78. The van der Waals surface area contributed by atoms with Crippen molar-refractivity contribution >= 4 is 17.6 Å². The molecule has 36 heavy (non-hydrogen) atoms. The maximum Gasteiger partial charge on any atom is 0.254 e. The molecule has 5 rings (SSSR count). The quantitative estimate of drug-likeness (QED) is 0.512. The van der Waals surface area contributed by atoms with Gasteiger partial charge in [0.1, 0.15) is 6.54 Å². The molecule has 2 aliphatic rings. The summed E-state index contributed by atoms with van der Waals surface area (Å²) in [5.41, 5.74) is 2.46. The Bertz CT molecular complexity index is 1140. The van der Waals surface area contributed by atoms with E-state index in [4.69, 9.17) is 4.74 Å². The zero-order valence-electron chi connectivity index (χ0n) is 20.3. The van der Waals surface area contributed by atoms with E-state index in [-0.39, 0.29) is 24.5 Å². The third-order valence-electron chi connectivity index (χ3n) is 6.76. The van der Waals surface area contributed by atoms with Gasteiger partial charge >= 0.3 is 0 Å². The van der Waals surface area contributed by atoms with Crippen molar-refractivity contribution in [1.82, 2.24) is 20.0 Å². The first-order chi connectivity index (χ1) is 17.7. The summed E-state index contributed by atoms with van der Waals surface area (Å²) in [4.78, 5) is 32.0. The molecule has 0 radical (unpaired) electrons. The summed E-state index contributed by atoms with van der Waals surface area (Å²) in [5.74, 6) is 0.635. The first-order valence-electron chi connectivity index (χ1n) is 12.6. The van der Waals surface area contributed by atoms with E-state index >= 15 is 0 Å². The molecule has 0 saturated carbocycles. The highest BCUT2D eigenvalue weighted by Crippen LogP contribution is 2.20. The molecule has 0 N–H and O–H groups in total. The standard InChI is InChI=1S/C28H31N5O3/c34-27(21-33(20-24-12-7-19-36-24)28(35)23-10-5-2-6-11-23)32-17-15-31(16-18-32)26-14-13-25(29-30-26)22-8-3-1-4-9-22/h1-6,8-11,13-14,24H,7,12,15-21H2/t24-/m0/s1. The summed E-state index contributed by atoms with van der Waals surface area (Å²) in [7, 11) is 0. The van der Waals surface area contributed by atoms with Crippen LogP contribution in [0.4, 0.5) is 5.82 Å². The predicted octanol–water partition coefficient (Wildman–Crippen LogP) is 3.11. The number of rotatable bonds is 7. The fourth-order valence-corrected chi connectivity index (χ4v) is 4.72. The molecule has 2 amide bonds. The van der Waals surface area contributed by atoms with Gasteiger partial charge in [0.2, 0.25) is 5.91 Å². The number of aromatic nitrogens is 2. The zero-order valence-corrected chi connectivity index (χ0v) is 20.3. The molecule has 8 heteroatoms. The number of nitrogens with zero attached hydrogens (tertiary/aromatic N) is 5. The van der Waals surface area contributed by atoms with Gasteiger partial charge in [0.15, 0.2) is 5.82 Å². The lowest BCUT2D eigenvalue weighted by molar-refractivity contribution is -0.132. The Morgan fingerprint density at radius 2 is 1.61 bits per heavy atom. The van der Waals surface area contributed by atoms with Crippen LogP contribution in [-0.2, 0) is 9.53 Å². The van der Waals surface area contributed by atoms with E-state index < -0.39 is 0 Å². The van der Waals surface area contributed by atoms with Gasteiger partial charge in [0, 0.05) is 50.5 Å². The van der Waals surface area contributed by atoms with Gasteiger partial charge < -0.3 is 19.4 Å². The Morgan fingerprint density at radius 3 is 2.25 bits per heavy atom. The summed E-state index contributed by atoms with van der Waals surface area (Å²) in [5, 5.41) is 8.80. The Labute approximate surface area is 211 Å². The highest BCUT2D eigenvalue weighted by molar-refractivity contribution is 5.96. The molecule has 0 bridgehead atoms. The average molecular weight is 486 g/mol. The molecule has 3 heterocycles. The number of amides is 2. The van der Waals surface area contributed by atoms with Crippen LogP contribution >= 0.6 is 0 Å². The van der Waals surface area contributed by atoms with Crippen LogP contribution in [0.1, 0.15) is 23.2 Å². The summed E-state index contributed by atoms with van der Waals surface area (Å²) >= 11 is 0. The van der Waals surface area contributed by atoms with Crippen molar-refractivity contribution in [3.05, 3.63) is 78.4 Å². The fraction of sp³-hybridized carbons (Fsp3) is 0.357. The summed E-state index contributed by atoms with van der Waals surface area (Å²) < 4.78 is 5.76. The molecule has 1 aromatic heterocycles. The molecule has 186 valence electrons.